The topological polar surface area (TPSA) is 457 Å². The Bertz CT molecular complexity index is 3400. The second-order valence-corrected chi connectivity index (χ2v) is 26.5. The predicted octanol–water partition coefficient (Wildman–Crippen LogP) is -1.39. The van der Waals surface area contributed by atoms with E-state index in [2.05, 4.69) is 57.7 Å². The highest BCUT2D eigenvalue weighted by Crippen LogP contribution is 2.27. The van der Waals surface area contributed by atoms with E-state index >= 15 is 9.59 Å². The first-order valence-corrected chi connectivity index (χ1v) is 35.2. The van der Waals surface area contributed by atoms with Crippen LogP contribution in [0, 0.1) is 0 Å². The van der Waals surface area contributed by atoms with Gasteiger partial charge in [-0.3, -0.25) is 47.9 Å². The van der Waals surface area contributed by atoms with Gasteiger partial charge >= 0.3 is 0 Å². The number of aliphatic hydroxyl groups excluding tert-OH is 1. The number of benzene rings is 3. The number of aromatic nitrogens is 2. The molecular weight excluding hydrogens is 1320 g/mol. The average molecular weight is 1400 g/mol. The number of nitrogens with two attached hydrogens (primary N) is 1. The molecule has 1 aromatic heterocycles. The number of hydrogen-bond acceptors (Lipinski definition) is 22. The minimum Gasteiger partial charge on any atom is -0.550 e. The van der Waals surface area contributed by atoms with Gasteiger partial charge in [0.05, 0.1) is 19.0 Å². The molecule has 4 aromatic rings. The number of amides is 10. The van der Waals surface area contributed by atoms with Gasteiger partial charge in [-0.1, -0.05) is 35.5 Å². The highest BCUT2D eigenvalue weighted by molar-refractivity contribution is 7.99. The van der Waals surface area contributed by atoms with Crippen molar-refractivity contribution >= 4 is 107 Å². The van der Waals surface area contributed by atoms with Gasteiger partial charge in [0, 0.05) is 73.1 Å². The Hall–Kier alpha value is -9.08. The fraction of sp³-hybridized carbons (Fsp3) is 0.484. The molecule has 14 N–H and O–H groups in total. The van der Waals surface area contributed by atoms with Gasteiger partial charge in [0.1, 0.15) is 84.4 Å². The van der Waals surface area contributed by atoms with E-state index in [0.717, 1.165) is 30.9 Å². The maximum atomic E-state index is 15.1. The number of fused-ring (bicyclic) bond motifs is 6. The number of aromatic amines is 1. The fourth-order valence-corrected chi connectivity index (χ4v) is 13.2. The van der Waals surface area contributed by atoms with Crippen molar-refractivity contribution in [3.05, 3.63) is 107 Å². The molecule has 524 valence electrons. The summed E-state index contributed by atoms with van der Waals surface area (Å²) >= 11 is 3.86. The number of nitrogens with zero attached hydrogens (tertiary/aromatic N) is 3. The summed E-state index contributed by atoms with van der Waals surface area (Å²) in [6.07, 6.45) is 4.74. The first kappa shape index (κ1) is 75.3. The maximum Gasteiger partial charge on any atom is 0.266 e. The number of carbonyl (C=O) groups is 11. The number of aliphatic carboxylic acids is 1. The molecule has 0 aliphatic carbocycles. The van der Waals surface area contributed by atoms with Gasteiger partial charge < -0.3 is 92.9 Å². The minimum atomic E-state index is -2.03. The number of carboxylic acids is 1. The monoisotopic (exact) mass is 1400 g/mol. The molecule has 4 heterocycles. The highest BCUT2D eigenvalue weighted by atomic mass is 32.2. The van der Waals surface area contributed by atoms with Crippen LogP contribution in [0.3, 0.4) is 0 Å². The molecule has 10 atom stereocenters. The Morgan fingerprint density at radius 1 is 0.680 bits per heavy atom. The second kappa shape index (κ2) is 38.0. The van der Waals surface area contributed by atoms with Crippen molar-refractivity contribution < 1.29 is 82.7 Å². The summed E-state index contributed by atoms with van der Waals surface area (Å²) in [5.74, 6) is -10.5. The first-order valence-electron chi connectivity index (χ1n) is 31.5. The molecule has 3 aliphatic rings. The number of phenolic OH excluding ortho intramolecular Hbond substituents is 2. The Kier molecular flexibility index (Phi) is 29.5. The van der Waals surface area contributed by atoms with Gasteiger partial charge in [0.15, 0.2) is 0 Å². The summed E-state index contributed by atoms with van der Waals surface area (Å²) < 4.78 is 6.30. The van der Waals surface area contributed by atoms with Crippen LogP contribution in [0.2, 0.25) is 0 Å². The van der Waals surface area contributed by atoms with Crippen molar-refractivity contribution in [1.29, 1.82) is 0 Å². The molecule has 10 amide bonds. The van der Waals surface area contributed by atoms with E-state index in [9.17, 15) is 63.6 Å². The lowest BCUT2D eigenvalue weighted by Gasteiger charge is -2.31. The first-order chi connectivity index (χ1) is 46.5. The zero-order valence-electron chi connectivity index (χ0n) is 53.5. The van der Waals surface area contributed by atoms with E-state index in [-0.39, 0.29) is 86.2 Å². The third kappa shape index (κ3) is 24.2. The molecule has 3 aromatic carbocycles. The van der Waals surface area contributed by atoms with Crippen LogP contribution in [0.15, 0.2) is 84.4 Å². The van der Waals surface area contributed by atoms with E-state index in [1.165, 1.54) is 96.3 Å². The Balaban J connectivity index is 1.29. The fourth-order valence-electron chi connectivity index (χ4n) is 10.7. The van der Waals surface area contributed by atoms with Crippen molar-refractivity contribution in [2.75, 3.05) is 43.3 Å². The standard InChI is InChI=1S/C64H83N13O17S3/c1-36(78)55-63(91)72-46(25-37-9-13-42(79)14-10-37)58(86)70-47(27-41-29-66-35-67-41)59(87)74-50(56(65)84)33-96-31-39-22-40-24-44(23-39)93-19-5-3-4-6-20-94-68-30-53(81)69-45(17-21-95-2)57(85)75-51(34-97-32-40)61(89)73-49(26-38-11-15-43(80)16-12-38)64(92)77-18-7-8-52(77)62(90)71-48(28-54(82)83)60(88)76-55/h9-16,22-24,29-30,35-36,45-52,55,78-80H,3-8,17-21,25-28,31-34H2,1-2H3,(H2,65,84)(H,66,67)(H,69,81)(H,70,86)(H,71,90)(H,72,91)(H,73,89)(H,74,87)(H,75,85)(H,76,88)(H,82,83)/p-1/b68-30+/t36-,45+,46+,47+,48+,49+,50+,51+,52+,55+/m1/s1. The number of nitrogens with one attached hydrogen (secondary N) is 9. The molecule has 0 saturated carbocycles. The third-order valence-corrected chi connectivity index (χ3v) is 18.7. The van der Waals surface area contributed by atoms with Crippen LogP contribution in [0.4, 0.5) is 0 Å². The number of imidazole rings is 1. The average Bonchev–Trinajstić information content (AvgIpc) is 1.78. The van der Waals surface area contributed by atoms with Gasteiger partial charge in [0.25, 0.3) is 5.91 Å². The van der Waals surface area contributed by atoms with Gasteiger partial charge in [0.2, 0.25) is 53.2 Å². The summed E-state index contributed by atoms with van der Waals surface area (Å²) in [4.78, 5) is 169. The molecule has 1 fully saturated rings. The summed E-state index contributed by atoms with van der Waals surface area (Å²) in [5, 5.41) is 68.2. The van der Waals surface area contributed by atoms with Crippen LogP contribution in [-0.4, -0.2) is 205 Å². The van der Waals surface area contributed by atoms with Crippen molar-refractivity contribution in [2.45, 2.75) is 150 Å². The lowest BCUT2D eigenvalue weighted by molar-refractivity contribution is -0.306. The maximum absolute atomic E-state index is 15.1. The molecule has 3 aliphatic heterocycles. The SMILES string of the molecule is CSCC[C@@H]1NC(=O)/C=N/OCCCCCCOc2cc3cc(c2)CSC[C@H](NC1=O)C(=O)N[C@@H](Cc1ccc(O)cc1)C(=O)N1CCC[C@H]1C(=O)N[C@@H](CC(=O)[O-])C(=O)N[C@@H]([C@@H](C)O)C(=O)N[C@@H](Cc1ccc(O)cc1)C(=O)N[C@@H](Cc1cnc[nH]1)C(=O)N[C@H](C(N)=O)CSC3. The molecule has 0 spiro atoms. The number of rotatable bonds is 13. The number of oxime groups is 1. The highest BCUT2D eigenvalue weighted by Gasteiger charge is 2.41. The van der Waals surface area contributed by atoms with Crippen molar-refractivity contribution in [3.63, 3.8) is 0 Å². The lowest BCUT2D eigenvalue weighted by Crippen LogP contribution is -2.62. The van der Waals surface area contributed by atoms with Crippen LogP contribution in [-0.2, 0) is 88.3 Å². The lowest BCUT2D eigenvalue weighted by atomic mass is 10.0. The zero-order chi connectivity index (χ0) is 70.0. The largest absolute Gasteiger partial charge is 0.550 e. The molecule has 97 heavy (non-hydrogen) atoms. The number of H-pyrrole nitrogens is 1. The Labute approximate surface area is 572 Å². The summed E-state index contributed by atoms with van der Waals surface area (Å²) in [7, 11) is 0. The zero-order valence-corrected chi connectivity index (χ0v) is 55.9. The van der Waals surface area contributed by atoms with Crippen molar-refractivity contribution in [1.82, 2.24) is 57.4 Å². The molecular formula is C64H82N13O17S3-. The quantitative estimate of drug-likeness (QED) is 0.0733. The number of aromatic hydroxyl groups is 2. The van der Waals surface area contributed by atoms with E-state index in [4.69, 9.17) is 15.3 Å². The molecule has 33 heteroatoms. The third-order valence-electron chi connectivity index (χ3n) is 15.8. The van der Waals surface area contributed by atoms with Gasteiger partial charge in [-0.15, -0.1) is 0 Å². The smallest absolute Gasteiger partial charge is 0.266 e. The molecule has 0 radical (unpaired) electrons. The van der Waals surface area contributed by atoms with Gasteiger partial charge in [-0.05, 0) is 123 Å². The Morgan fingerprint density at radius 2 is 1.27 bits per heavy atom. The number of aliphatic hydroxyl groups is 1. The van der Waals surface area contributed by atoms with Crippen LogP contribution in [0.1, 0.15) is 86.2 Å². The number of primary amides is 1. The van der Waals surface area contributed by atoms with Crippen molar-refractivity contribution in [3.8, 4) is 17.2 Å². The summed E-state index contributed by atoms with van der Waals surface area (Å²) in [6, 6.07) is 2.78. The van der Waals surface area contributed by atoms with Crippen LogP contribution < -0.4 is 58.1 Å². The van der Waals surface area contributed by atoms with E-state index in [1.807, 2.05) is 18.2 Å². The molecule has 0 unspecified atom stereocenters. The van der Waals surface area contributed by atoms with Crippen LogP contribution in [0.5, 0.6) is 17.2 Å². The number of carboxylic acid groups (broad SMARTS) is 1. The molecule has 4 bridgehead atoms. The summed E-state index contributed by atoms with van der Waals surface area (Å²) in [5.41, 5.74) is 8.51. The predicted molar refractivity (Wildman–Crippen MR) is 357 cm³/mol. The Morgan fingerprint density at radius 3 is 1.90 bits per heavy atom. The molecule has 7 rings (SSSR count). The molecule has 1 saturated heterocycles. The van der Waals surface area contributed by atoms with E-state index in [0.29, 0.717) is 58.9 Å². The number of ether oxygens (including phenoxy) is 1. The van der Waals surface area contributed by atoms with E-state index in [1.54, 1.807) is 6.26 Å². The van der Waals surface area contributed by atoms with Gasteiger partial charge in [-0.25, -0.2) is 4.98 Å². The van der Waals surface area contributed by atoms with Crippen molar-refractivity contribution in [2.24, 2.45) is 10.9 Å². The number of hydrogen-bond donors (Lipinski definition) is 13. The normalized spacial score (nSPS) is 24.7. The summed E-state index contributed by atoms with van der Waals surface area (Å²) in [6.45, 7) is 1.54. The van der Waals surface area contributed by atoms with Crippen LogP contribution >= 0.6 is 35.3 Å². The number of phenols is 2. The van der Waals surface area contributed by atoms with E-state index < -0.39 is 132 Å². The second-order valence-electron chi connectivity index (χ2n) is 23.5. The molecule has 30 nitrogen and oxygen atoms in total. The minimum absolute atomic E-state index is 0.0294. The number of carbonyl (C=O) groups excluding carboxylic acids is 11. The van der Waals surface area contributed by atoms with Gasteiger partial charge in [-0.2, -0.15) is 35.3 Å². The number of thioether (sulfide) groups is 3. The van der Waals surface area contributed by atoms with Crippen LogP contribution in [0.25, 0.3) is 0 Å².